The van der Waals surface area contributed by atoms with Crippen LogP contribution >= 0.6 is 0 Å². The molecule has 3 rings (SSSR count). The number of nitrogens with one attached hydrogen (secondary N) is 1. The van der Waals surface area contributed by atoms with Gasteiger partial charge in [0, 0.05) is 18.3 Å². The molecule has 0 saturated heterocycles. The van der Waals surface area contributed by atoms with Gasteiger partial charge < -0.3 is 5.32 Å². The minimum atomic E-state index is 0.970. The molecule has 0 spiro atoms. The lowest BCUT2D eigenvalue weighted by atomic mass is 9.96. The van der Waals surface area contributed by atoms with Gasteiger partial charge in [-0.3, -0.25) is 4.98 Å². The van der Waals surface area contributed by atoms with Crippen LogP contribution in [0.3, 0.4) is 0 Å². The second kappa shape index (κ2) is 4.06. The minimum absolute atomic E-state index is 0.970. The van der Waals surface area contributed by atoms with Gasteiger partial charge in [0.2, 0.25) is 0 Å². The monoisotopic (exact) mass is 210 g/mol. The highest BCUT2D eigenvalue weighted by atomic mass is 14.9. The molecule has 0 atom stereocenters. The van der Waals surface area contributed by atoms with E-state index in [1.165, 1.54) is 16.7 Å². The molecule has 1 aliphatic heterocycles. The van der Waals surface area contributed by atoms with Crippen LogP contribution in [-0.4, -0.2) is 11.5 Å². The van der Waals surface area contributed by atoms with Gasteiger partial charge in [0.15, 0.2) is 0 Å². The predicted molar refractivity (Wildman–Crippen MR) is 65.1 cm³/mol. The van der Waals surface area contributed by atoms with Crippen LogP contribution in [0.4, 0.5) is 0 Å². The Morgan fingerprint density at radius 2 is 1.94 bits per heavy atom. The largest absolute Gasteiger partial charge is 0.312 e. The van der Waals surface area contributed by atoms with Crippen LogP contribution in [-0.2, 0) is 13.0 Å². The van der Waals surface area contributed by atoms with E-state index in [4.69, 9.17) is 0 Å². The smallest absolute Gasteiger partial charge is 0.0737 e. The zero-order chi connectivity index (χ0) is 10.8. The minimum Gasteiger partial charge on any atom is -0.312 e. The highest BCUT2D eigenvalue weighted by molar-refractivity contribution is 5.64. The highest BCUT2D eigenvalue weighted by Gasteiger charge is 2.14. The number of hydrogen-bond donors (Lipinski definition) is 1. The van der Waals surface area contributed by atoms with Gasteiger partial charge in [-0.25, -0.2) is 0 Å². The first-order chi connectivity index (χ1) is 7.95. The molecule has 1 aromatic carbocycles. The maximum absolute atomic E-state index is 4.53. The van der Waals surface area contributed by atoms with E-state index in [9.17, 15) is 0 Å². The molecule has 1 N–H and O–H groups in total. The van der Waals surface area contributed by atoms with Gasteiger partial charge >= 0.3 is 0 Å². The van der Waals surface area contributed by atoms with E-state index in [0.29, 0.717) is 0 Å². The van der Waals surface area contributed by atoms with Crippen LogP contribution in [0, 0.1) is 0 Å². The van der Waals surface area contributed by atoms with Gasteiger partial charge in [0.25, 0.3) is 0 Å². The molecule has 80 valence electrons. The standard InChI is InChI=1S/C14H14N2/c1-2-4-11(5-3-1)14-13-7-8-15-10-12(13)6-9-16-14/h1-6,9,15H,7-8,10H2. The fourth-order valence-electron chi connectivity index (χ4n) is 2.26. The summed E-state index contributed by atoms with van der Waals surface area (Å²) in [4.78, 5) is 4.53. The molecule has 1 aromatic heterocycles. The molecule has 2 heteroatoms. The molecule has 0 fully saturated rings. The third kappa shape index (κ3) is 1.61. The molecule has 0 radical (unpaired) electrons. The van der Waals surface area contributed by atoms with Gasteiger partial charge in [-0.1, -0.05) is 30.3 Å². The Hall–Kier alpha value is -1.67. The quantitative estimate of drug-likeness (QED) is 0.781. The van der Waals surface area contributed by atoms with Gasteiger partial charge in [-0.15, -0.1) is 0 Å². The Morgan fingerprint density at radius 1 is 1.06 bits per heavy atom. The Morgan fingerprint density at radius 3 is 2.81 bits per heavy atom. The molecule has 0 unspecified atom stereocenters. The van der Waals surface area contributed by atoms with Crippen molar-refractivity contribution in [3.05, 3.63) is 53.7 Å². The Bertz CT molecular complexity index is 491. The molecule has 0 bridgehead atoms. The summed E-state index contributed by atoms with van der Waals surface area (Å²) in [7, 11) is 0. The SMILES string of the molecule is c1ccc(-c2nccc3c2CCNC3)cc1. The van der Waals surface area contributed by atoms with Crippen LogP contribution in [0.1, 0.15) is 11.1 Å². The van der Waals surface area contributed by atoms with Crippen molar-refractivity contribution in [1.82, 2.24) is 10.3 Å². The molecule has 0 aliphatic carbocycles. The van der Waals surface area contributed by atoms with Crippen LogP contribution < -0.4 is 5.32 Å². The van der Waals surface area contributed by atoms with E-state index >= 15 is 0 Å². The normalized spacial score (nSPS) is 14.5. The number of benzene rings is 1. The fourth-order valence-corrected chi connectivity index (χ4v) is 2.26. The van der Waals surface area contributed by atoms with Crippen molar-refractivity contribution in [2.24, 2.45) is 0 Å². The zero-order valence-corrected chi connectivity index (χ0v) is 9.11. The third-order valence-corrected chi connectivity index (χ3v) is 3.07. The van der Waals surface area contributed by atoms with Crippen molar-refractivity contribution < 1.29 is 0 Å². The average Bonchev–Trinajstić information content (AvgIpc) is 2.39. The van der Waals surface area contributed by atoms with E-state index in [1.54, 1.807) is 0 Å². The number of aromatic nitrogens is 1. The van der Waals surface area contributed by atoms with Gasteiger partial charge in [0.05, 0.1) is 5.69 Å². The van der Waals surface area contributed by atoms with Crippen molar-refractivity contribution in [3.63, 3.8) is 0 Å². The molecule has 16 heavy (non-hydrogen) atoms. The molecule has 2 heterocycles. The highest BCUT2D eigenvalue weighted by Crippen LogP contribution is 2.25. The van der Waals surface area contributed by atoms with E-state index < -0.39 is 0 Å². The number of fused-ring (bicyclic) bond motifs is 1. The molecular formula is C14H14N2. The second-order valence-corrected chi connectivity index (χ2v) is 4.09. The lowest BCUT2D eigenvalue weighted by Gasteiger charge is -2.19. The van der Waals surface area contributed by atoms with E-state index in [1.807, 2.05) is 12.3 Å². The Balaban J connectivity index is 2.14. The van der Waals surface area contributed by atoms with Crippen molar-refractivity contribution in [1.29, 1.82) is 0 Å². The zero-order valence-electron chi connectivity index (χ0n) is 9.11. The van der Waals surface area contributed by atoms with E-state index in [0.717, 1.165) is 25.2 Å². The van der Waals surface area contributed by atoms with Crippen LogP contribution in [0.2, 0.25) is 0 Å². The van der Waals surface area contributed by atoms with Crippen LogP contribution in [0.5, 0.6) is 0 Å². The first-order valence-corrected chi connectivity index (χ1v) is 5.68. The number of pyridine rings is 1. The summed E-state index contributed by atoms with van der Waals surface area (Å²) in [6.45, 7) is 2.02. The Labute approximate surface area is 95.3 Å². The Kier molecular flexibility index (Phi) is 2.43. The third-order valence-electron chi connectivity index (χ3n) is 3.07. The summed E-state index contributed by atoms with van der Waals surface area (Å²) in [5.74, 6) is 0. The molecule has 2 nitrogen and oxygen atoms in total. The number of hydrogen-bond acceptors (Lipinski definition) is 2. The number of nitrogens with zero attached hydrogens (tertiary/aromatic N) is 1. The fraction of sp³-hybridized carbons (Fsp3) is 0.214. The summed E-state index contributed by atoms with van der Waals surface area (Å²) in [5.41, 5.74) is 5.17. The van der Waals surface area contributed by atoms with Gasteiger partial charge in [-0.05, 0) is 30.2 Å². The van der Waals surface area contributed by atoms with Crippen molar-refractivity contribution in [2.45, 2.75) is 13.0 Å². The lowest BCUT2D eigenvalue weighted by Crippen LogP contribution is -2.24. The van der Waals surface area contributed by atoms with Gasteiger partial charge in [0.1, 0.15) is 0 Å². The molecular weight excluding hydrogens is 196 g/mol. The van der Waals surface area contributed by atoms with Crippen molar-refractivity contribution >= 4 is 0 Å². The van der Waals surface area contributed by atoms with Crippen molar-refractivity contribution in [3.8, 4) is 11.3 Å². The summed E-state index contributed by atoms with van der Waals surface area (Å²) >= 11 is 0. The van der Waals surface area contributed by atoms with Crippen LogP contribution in [0.15, 0.2) is 42.6 Å². The summed E-state index contributed by atoms with van der Waals surface area (Å²) in [5, 5.41) is 3.39. The van der Waals surface area contributed by atoms with E-state index in [2.05, 4.69) is 40.6 Å². The van der Waals surface area contributed by atoms with Crippen LogP contribution in [0.25, 0.3) is 11.3 Å². The second-order valence-electron chi connectivity index (χ2n) is 4.09. The van der Waals surface area contributed by atoms with Crippen molar-refractivity contribution in [2.75, 3.05) is 6.54 Å². The summed E-state index contributed by atoms with van der Waals surface area (Å²) in [6.07, 6.45) is 2.99. The molecule has 0 amide bonds. The summed E-state index contributed by atoms with van der Waals surface area (Å²) < 4.78 is 0. The molecule has 2 aromatic rings. The topological polar surface area (TPSA) is 24.9 Å². The predicted octanol–water partition coefficient (Wildman–Crippen LogP) is 2.39. The maximum atomic E-state index is 4.53. The average molecular weight is 210 g/mol. The molecule has 0 saturated carbocycles. The maximum Gasteiger partial charge on any atom is 0.0737 e. The number of rotatable bonds is 1. The van der Waals surface area contributed by atoms with E-state index in [-0.39, 0.29) is 0 Å². The van der Waals surface area contributed by atoms with Gasteiger partial charge in [-0.2, -0.15) is 0 Å². The lowest BCUT2D eigenvalue weighted by molar-refractivity contribution is 0.642. The summed E-state index contributed by atoms with van der Waals surface area (Å²) in [6, 6.07) is 12.6. The first kappa shape index (κ1) is 9.55. The first-order valence-electron chi connectivity index (χ1n) is 5.68. The molecule has 1 aliphatic rings.